The summed E-state index contributed by atoms with van der Waals surface area (Å²) in [5.74, 6) is 0. The maximum atomic E-state index is 9.26. The van der Waals surface area contributed by atoms with Crippen molar-refractivity contribution in [1.29, 1.82) is 0 Å². The molecule has 0 spiro atoms. The molecule has 0 radical (unpaired) electrons. The normalized spacial score (nSPS) is 12.6. The monoisotopic (exact) mass is 224 g/mol. The Kier molecular flexibility index (Phi) is 5.08. The summed E-state index contributed by atoms with van der Waals surface area (Å²) in [6.45, 7) is 4.25. The number of anilines is 2. The Bertz CT molecular complexity index is 316. The molecule has 0 aliphatic rings. The highest BCUT2D eigenvalue weighted by molar-refractivity contribution is 5.68. The van der Waals surface area contributed by atoms with Crippen molar-refractivity contribution >= 4 is 11.4 Å². The molecule has 1 aromatic carbocycles. The largest absolute Gasteiger partial charge is 0.394 e. The third-order valence-corrected chi connectivity index (χ3v) is 2.11. The Morgan fingerprint density at radius 3 is 2.38 bits per heavy atom. The van der Waals surface area contributed by atoms with E-state index in [-0.39, 0.29) is 6.61 Å². The van der Waals surface area contributed by atoms with Crippen LogP contribution in [0.25, 0.3) is 0 Å². The highest BCUT2D eigenvalue weighted by atomic mass is 16.3. The Hall–Kier alpha value is -1.26. The summed E-state index contributed by atoms with van der Waals surface area (Å²) in [5.41, 5.74) is 1.94. The van der Waals surface area contributed by atoms with Gasteiger partial charge in [0.05, 0.1) is 24.1 Å². The van der Waals surface area contributed by atoms with Gasteiger partial charge in [0, 0.05) is 12.6 Å². The molecule has 1 unspecified atom stereocenters. The molecule has 0 heterocycles. The standard InChI is InChI=1S/C12H20N2O2/c1-9(2)14-12-6-4-3-5-11(12)13-7-10(16)8-15/h3-6,9-10,13-16H,7-8H2,1-2H3. The van der Waals surface area contributed by atoms with Crippen LogP contribution < -0.4 is 10.6 Å². The second-order valence-corrected chi connectivity index (χ2v) is 4.06. The molecule has 90 valence electrons. The molecule has 4 heteroatoms. The number of hydrogen-bond donors (Lipinski definition) is 4. The van der Waals surface area contributed by atoms with Gasteiger partial charge in [0.15, 0.2) is 0 Å². The van der Waals surface area contributed by atoms with Crippen LogP contribution in [0.5, 0.6) is 0 Å². The SMILES string of the molecule is CC(C)Nc1ccccc1NCC(O)CO. The molecular weight excluding hydrogens is 204 g/mol. The van der Waals surface area contributed by atoms with Gasteiger partial charge in [0.2, 0.25) is 0 Å². The maximum Gasteiger partial charge on any atom is 0.0942 e. The van der Waals surface area contributed by atoms with Crippen LogP contribution in [0.4, 0.5) is 11.4 Å². The number of hydrogen-bond acceptors (Lipinski definition) is 4. The Balaban J connectivity index is 2.63. The summed E-state index contributed by atoms with van der Waals surface area (Å²) in [5, 5.41) is 24.4. The first kappa shape index (κ1) is 12.8. The minimum Gasteiger partial charge on any atom is -0.394 e. The fraction of sp³-hybridized carbons (Fsp3) is 0.500. The molecule has 1 aromatic rings. The number of rotatable bonds is 6. The van der Waals surface area contributed by atoms with Crippen LogP contribution in [0.15, 0.2) is 24.3 Å². The topological polar surface area (TPSA) is 64.5 Å². The molecular formula is C12H20N2O2. The van der Waals surface area contributed by atoms with E-state index >= 15 is 0 Å². The fourth-order valence-corrected chi connectivity index (χ4v) is 1.37. The lowest BCUT2D eigenvalue weighted by Crippen LogP contribution is -2.23. The minimum atomic E-state index is -0.730. The first-order chi connectivity index (χ1) is 7.63. The molecule has 0 aliphatic carbocycles. The fourth-order valence-electron chi connectivity index (χ4n) is 1.37. The lowest BCUT2D eigenvalue weighted by atomic mass is 10.2. The predicted molar refractivity (Wildman–Crippen MR) is 66.8 cm³/mol. The Morgan fingerprint density at radius 2 is 1.81 bits per heavy atom. The van der Waals surface area contributed by atoms with Gasteiger partial charge < -0.3 is 20.8 Å². The quantitative estimate of drug-likeness (QED) is 0.587. The summed E-state index contributed by atoms with van der Waals surface area (Å²) in [7, 11) is 0. The predicted octanol–water partition coefficient (Wildman–Crippen LogP) is 1.27. The van der Waals surface area contributed by atoms with Crippen LogP contribution in [-0.2, 0) is 0 Å². The molecule has 16 heavy (non-hydrogen) atoms. The van der Waals surface area contributed by atoms with E-state index in [0.717, 1.165) is 11.4 Å². The second kappa shape index (κ2) is 6.35. The van der Waals surface area contributed by atoms with E-state index in [2.05, 4.69) is 24.5 Å². The molecule has 0 saturated carbocycles. The lowest BCUT2D eigenvalue weighted by Gasteiger charge is -2.17. The van der Waals surface area contributed by atoms with E-state index in [1.165, 1.54) is 0 Å². The molecule has 0 amide bonds. The average molecular weight is 224 g/mol. The molecule has 4 nitrogen and oxygen atoms in total. The summed E-state index contributed by atoms with van der Waals surface area (Å²) in [6.07, 6.45) is -0.730. The highest BCUT2D eigenvalue weighted by Crippen LogP contribution is 2.21. The van der Waals surface area contributed by atoms with Crippen molar-refractivity contribution in [2.45, 2.75) is 26.0 Å². The summed E-state index contributed by atoms with van der Waals surface area (Å²) >= 11 is 0. The van der Waals surface area contributed by atoms with Gasteiger partial charge in [0.1, 0.15) is 0 Å². The molecule has 0 saturated heterocycles. The summed E-state index contributed by atoms with van der Waals surface area (Å²) in [4.78, 5) is 0. The zero-order chi connectivity index (χ0) is 12.0. The molecule has 1 atom stereocenters. The van der Waals surface area contributed by atoms with Crippen molar-refractivity contribution < 1.29 is 10.2 Å². The number of aliphatic hydroxyl groups excluding tert-OH is 2. The van der Waals surface area contributed by atoms with Crippen molar-refractivity contribution in [3.63, 3.8) is 0 Å². The molecule has 0 aliphatic heterocycles. The zero-order valence-electron chi connectivity index (χ0n) is 9.77. The van der Waals surface area contributed by atoms with Gasteiger partial charge in [0.25, 0.3) is 0 Å². The molecule has 0 bridgehead atoms. The van der Waals surface area contributed by atoms with E-state index < -0.39 is 6.10 Å². The van der Waals surface area contributed by atoms with E-state index in [1.54, 1.807) is 0 Å². The molecule has 1 rings (SSSR count). The number of benzene rings is 1. The zero-order valence-corrected chi connectivity index (χ0v) is 9.77. The highest BCUT2D eigenvalue weighted by Gasteiger charge is 2.05. The summed E-state index contributed by atoms with van der Waals surface area (Å²) < 4.78 is 0. The van der Waals surface area contributed by atoms with Gasteiger partial charge in [-0.2, -0.15) is 0 Å². The molecule has 0 aromatic heterocycles. The van der Waals surface area contributed by atoms with Crippen LogP contribution in [0.3, 0.4) is 0 Å². The molecule has 0 fully saturated rings. The average Bonchev–Trinajstić information content (AvgIpc) is 2.26. The lowest BCUT2D eigenvalue weighted by molar-refractivity contribution is 0.105. The van der Waals surface area contributed by atoms with Crippen molar-refractivity contribution in [2.24, 2.45) is 0 Å². The van der Waals surface area contributed by atoms with Crippen molar-refractivity contribution in [1.82, 2.24) is 0 Å². The van der Waals surface area contributed by atoms with Crippen molar-refractivity contribution in [2.75, 3.05) is 23.8 Å². The first-order valence-corrected chi connectivity index (χ1v) is 5.52. The van der Waals surface area contributed by atoms with Gasteiger partial charge in [-0.05, 0) is 26.0 Å². The minimum absolute atomic E-state index is 0.229. The van der Waals surface area contributed by atoms with Crippen molar-refractivity contribution in [3.8, 4) is 0 Å². The maximum absolute atomic E-state index is 9.26. The summed E-state index contributed by atoms with van der Waals surface area (Å²) in [6, 6.07) is 8.16. The van der Waals surface area contributed by atoms with Crippen LogP contribution in [0, 0.1) is 0 Å². The first-order valence-electron chi connectivity index (χ1n) is 5.52. The van der Waals surface area contributed by atoms with Crippen LogP contribution >= 0.6 is 0 Å². The number of para-hydroxylation sites is 2. The van der Waals surface area contributed by atoms with Gasteiger partial charge in [-0.1, -0.05) is 12.1 Å². The third kappa shape index (κ3) is 4.08. The number of aliphatic hydroxyl groups is 2. The smallest absolute Gasteiger partial charge is 0.0942 e. The van der Waals surface area contributed by atoms with Gasteiger partial charge in [-0.15, -0.1) is 0 Å². The Morgan fingerprint density at radius 1 is 1.19 bits per heavy atom. The van der Waals surface area contributed by atoms with Crippen LogP contribution in [-0.4, -0.2) is 35.5 Å². The van der Waals surface area contributed by atoms with Gasteiger partial charge in [-0.3, -0.25) is 0 Å². The molecule has 4 N–H and O–H groups in total. The Labute approximate surface area is 96.3 Å². The van der Waals surface area contributed by atoms with Gasteiger partial charge >= 0.3 is 0 Å². The van der Waals surface area contributed by atoms with Crippen LogP contribution in [0.1, 0.15) is 13.8 Å². The van der Waals surface area contributed by atoms with E-state index in [1.807, 2.05) is 24.3 Å². The van der Waals surface area contributed by atoms with Gasteiger partial charge in [-0.25, -0.2) is 0 Å². The van der Waals surface area contributed by atoms with E-state index in [4.69, 9.17) is 5.11 Å². The number of nitrogens with one attached hydrogen (secondary N) is 2. The van der Waals surface area contributed by atoms with Crippen LogP contribution in [0.2, 0.25) is 0 Å². The van der Waals surface area contributed by atoms with E-state index in [0.29, 0.717) is 12.6 Å². The second-order valence-electron chi connectivity index (χ2n) is 4.06. The van der Waals surface area contributed by atoms with Crippen molar-refractivity contribution in [3.05, 3.63) is 24.3 Å². The van der Waals surface area contributed by atoms with E-state index in [9.17, 15) is 5.11 Å². The third-order valence-electron chi connectivity index (χ3n) is 2.11.